The van der Waals surface area contributed by atoms with Crippen molar-refractivity contribution in [1.82, 2.24) is 0 Å². The molecule has 5 heteroatoms. The number of allylic oxidation sites excluding steroid dienone is 4. The van der Waals surface area contributed by atoms with Crippen molar-refractivity contribution in [2.75, 3.05) is 6.26 Å². The summed E-state index contributed by atoms with van der Waals surface area (Å²) in [5.41, 5.74) is 2.93. The zero-order chi connectivity index (χ0) is 18.1. The fraction of sp³-hybridized carbons (Fsp3) is 0.579. The molecule has 0 spiro atoms. The van der Waals surface area contributed by atoms with Crippen molar-refractivity contribution in [3.63, 3.8) is 0 Å². The van der Waals surface area contributed by atoms with E-state index in [1.807, 2.05) is 13.8 Å². The number of esters is 1. The van der Waals surface area contributed by atoms with Crippen LogP contribution >= 0.6 is 0 Å². The molecule has 0 bridgehead atoms. The van der Waals surface area contributed by atoms with Gasteiger partial charge in [0.15, 0.2) is 5.78 Å². The molecule has 24 heavy (non-hydrogen) atoms. The second-order valence-corrected chi connectivity index (χ2v) is 8.48. The van der Waals surface area contributed by atoms with E-state index >= 15 is 0 Å². The summed E-state index contributed by atoms with van der Waals surface area (Å²) in [4.78, 5) is 24.2. The number of ketones is 1. The van der Waals surface area contributed by atoms with Crippen LogP contribution in [0, 0.1) is 11.3 Å². The van der Waals surface area contributed by atoms with Gasteiger partial charge in [-0.3, -0.25) is 9.00 Å². The highest BCUT2D eigenvalue weighted by Gasteiger charge is 2.47. The predicted molar refractivity (Wildman–Crippen MR) is 95.7 cm³/mol. The van der Waals surface area contributed by atoms with Crippen molar-refractivity contribution in [3.05, 3.63) is 34.3 Å². The van der Waals surface area contributed by atoms with Crippen LogP contribution in [0.4, 0.5) is 0 Å². The molecule has 4 nitrogen and oxygen atoms in total. The van der Waals surface area contributed by atoms with E-state index in [1.165, 1.54) is 23.3 Å². The van der Waals surface area contributed by atoms with Crippen LogP contribution in [0.5, 0.6) is 0 Å². The fourth-order valence-electron chi connectivity index (χ4n) is 3.67. The maximum Gasteiger partial charge on any atom is 0.331 e. The fourth-order valence-corrected chi connectivity index (χ4v) is 3.97. The highest BCUT2D eigenvalue weighted by Crippen LogP contribution is 2.52. The smallest absolute Gasteiger partial charge is 0.331 e. The van der Waals surface area contributed by atoms with Crippen LogP contribution in [0.1, 0.15) is 47.0 Å². The molecule has 0 aromatic heterocycles. The highest BCUT2D eigenvalue weighted by molar-refractivity contribution is 7.87. The van der Waals surface area contributed by atoms with Gasteiger partial charge >= 0.3 is 5.97 Å². The number of carbonyl (C=O) groups is 2. The van der Waals surface area contributed by atoms with Crippen molar-refractivity contribution in [3.8, 4) is 0 Å². The zero-order valence-electron chi connectivity index (χ0n) is 15.0. The Labute approximate surface area is 146 Å². The van der Waals surface area contributed by atoms with Gasteiger partial charge in [-0.15, -0.1) is 0 Å². The van der Waals surface area contributed by atoms with E-state index in [4.69, 9.17) is 4.74 Å². The van der Waals surface area contributed by atoms with Crippen molar-refractivity contribution >= 4 is 22.6 Å². The summed E-state index contributed by atoms with van der Waals surface area (Å²) in [6, 6.07) is 0. The van der Waals surface area contributed by atoms with E-state index in [1.54, 1.807) is 6.08 Å². The molecular weight excluding hydrogens is 324 g/mol. The van der Waals surface area contributed by atoms with Crippen LogP contribution in [-0.4, -0.2) is 28.3 Å². The largest absolute Gasteiger partial charge is 0.459 e. The van der Waals surface area contributed by atoms with E-state index in [-0.39, 0.29) is 23.2 Å². The van der Waals surface area contributed by atoms with E-state index in [9.17, 15) is 13.8 Å². The van der Waals surface area contributed by atoms with Crippen LogP contribution in [0.3, 0.4) is 0 Å². The molecule has 4 unspecified atom stereocenters. The monoisotopic (exact) mass is 350 g/mol. The first-order valence-corrected chi connectivity index (χ1v) is 9.90. The maximum absolute atomic E-state index is 12.3. The van der Waals surface area contributed by atoms with Gasteiger partial charge < -0.3 is 4.74 Å². The quantitative estimate of drug-likeness (QED) is 0.578. The molecule has 132 valence electrons. The first kappa shape index (κ1) is 18.8. The van der Waals surface area contributed by atoms with Gasteiger partial charge in [0.25, 0.3) is 0 Å². The molecule has 0 saturated heterocycles. The molecular formula is C19H26O4S. The van der Waals surface area contributed by atoms with Gasteiger partial charge in [-0.25, -0.2) is 4.79 Å². The molecule has 2 rings (SSSR count). The molecule has 0 aliphatic heterocycles. The van der Waals surface area contributed by atoms with E-state index in [0.29, 0.717) is 6.42 Å². The number of ether oxygens (including phenoxy) is 1. The summed E-state index contributed by atoms with van der Waals surface area (Å²) in [6.45, 7) is 8.19. The third kappa shape index (κ3) is 3.77. The SMILES string of the molecule is CC(C)=C1CC2(C)C(=CC1=O)CCC(OC(=O)C=CS(C)=O)C2C. The van der Waals surface area contributed by atoms with Gasteiger partial charge in [0.1, 0.15) is 6.10 Å². The van der Waals surface area contributed by atoms with E-state index < -0.39 is 16.8 Å². The van der Waals surface area contributed by atoms with Gasteiger partial charge in [0.2, 0.25) is 0 Å². The summed E-state index contributed by atoms with van der Waals surface area (Å²) in [5, 5.41) is 1.34. The number of carbonyl (C=O) groups excluding carboxylic acids is 2. The lowest BCUT2D eigenvalue weighted by molar-refractivity contribution is -0.149. The summed E-state index contributed by atoms with van der Waals surface area (Å²) in [7, 11) is -1.16. The lowest BCUT2D eigenvalue weighted by Gasteiger charge is -2.48. The number of hydrogen-bond acceptors (Lipinski definition) is 4. The van der Waals surface area contributed by atoms with Gasteiger partial charge in [0, 0.05) is 34.5 Å². The van der Waals surface area contributed by atoms with Crippen LogP contribution in [-0.2, 0) is 25.1 Å². The standard InChI is InChI=1S/C19H26O4S/c1-12(2)15-11-19(4)13(3)17(7-6-14(19)10-16(15)20)23-18(21)8-9-24(5)22/h8-10,13,17H,6-7,11H2,1-5H3. The molecule has 0 aromatic carbocycles. The van der Waals surface area contributed by atoms with Gasteiger partial charge in [0.05, 0.1) is 0 Å². The van der Waals surface area contributed by atoms with Crippen molar-refractivity contribution in [2.45, 2.75) is 53.1 Å². The average molecular weight is 350 g/mol. The molecule has 1 fully saturated rings. The summed E-state index contributed by atoms with van der Waals surface area (Å²) < 4.78 is 16.6. The van der Waals surface area contributed by atoms with E-state index in [0.717, 1.165) is 24.0 Å². The first-order chi connectivity index (χ1) is 11.1. The van der Waals surface area contributed by atoms with Crippen LogP contribution in [0.15, 0.2) is 34.3 Å². The Hall–Kier alpha value is -1.49. The molecule has 2 aliphatic rings. The van der Waals surface area contributed by atoms with Crippen molar-refractivity contribution in [2.24, 2.45) is 11.3 Å². The van der Waals surface area contributed by atoms with Gasteiger partial charge in [-0.1, -0.05) is 25.0 Å². The molecule has 1 saturated carbocycles. The van der Waals surface area contributed by atoms with Crippen molar-refractivity contribution in [1.29, 1.82) is 0 Å². The Kier molecular flexibility index (Phi) is 5.63. The summed E-state index contributed by atoms with van der Waals surface area (Å²) >= 11 is 0. The molecule has 0 heterocycles. The number of fused-ring (bicyclic) bond motifs is 1. The molecule has 0 radical (unpaired) electrons. The number of rotatable bonds is 3. The Morgan fingerprint density at radius 3 is 2.67 bits per heavy atom. The van der Waals surface area contributed by atoms with Crippen LogP contribution in [0.2, 0.25) is 0 Å². The molecule has 0 aromatic rings. The Balaban J connectivity index is 2.22. The molecule has 0 amide bonds. The second-order valence-electron chi connectivity index (χ2n) is 7.21. The second kappa shape index (κ2) is 7.18. The topological polar surface area (TPSA) is 60.4 Å². The zero-order valence-corrected chi connectivity index (χ0v) is 15.9. The minimum atomic E-state index is -1.16. The normalized spacial score (nSPS) is 31.5. The van der Waals surface area contributed by atoms with Gasteiger partial charge in [-0.2, -0.15) is 0 Å². The highest BCUT2D eigenvalue weighted by atomic mass is 32.2. The van der Waals surface area contributed by atoms with Crippen LogP contribution in [0.25, 0.3) is 0 Å². The summed E-state index contributed by atoms with van der Waals surface area (Å²) in [6.07, 6.45) is 6.53. The average Bonchev–Trinajstić information content (AvgIpc) is 2.49. The first-order valence-electron chi connectivity index (χ1n) is 8.28. The third-order valence-corrected chi connectivity index (χ3v) is 5.93. The minimum Gasteiger partial charge on any atom is -0.459 e. The predicted octanol–water partition coefficient (Wildman–Crippen LogP) is 3.46. The lowest BCUT2D eigenvalue weighted by Crippen LogP contribution is -2.44. The minimum absolute atomic E-state index is 0.115. The van der Waals surface area contributed by atoms with E-state index in [2.05, 4.69) is 13.8 Å². The Bertz CT molecular complexity index is 667. The van der Waals surface area contributed by atoms with Crippen LogP contribution < -0.4 is 0 Å². The van der Waals surface area contributed by atoms with Crippen molar-refractivity contribution < 1.29 is 18.5 Å². The maximum atomic E-state index is 12.3. The molecule has 4 atom stereocenters. The molecule has 0 N–H and O–H groups in total. The Morgan fingerprint density at radius 1 is 1.42 bits per heavy atom. The van der Waals surface area contributed by atoms with Gasteiger partial charge in [-0.05, 0) is 50.2 Å². The molecule has 2 aliphatic carbocycles. The number of hydrogen-bond donors (Lipinski definition) is 0. The third-order valence-electron chi connectivity index (χ3n) is 5.41. The lowest BCUT2D eigenvalue weighted by atomic mass is 9.58. The Morgan fingerprint density at radius 2 is 2.08 bits per heavy atom. The summed E-state index contributed by atoms with van der Waals surface area (Å²) in [5.74, 6) is -0.213.